The molecule has 1 saturated carbocycles. The quantitative estimate of drug-likeness (QED) is 0.786. The Hall–Kier alpha value is -1.66. The maximum atomic E-state index is 13.8. The predicted octanol–water partition coefficient (Wildman–Crippen LogP) is 3.02. The lowest BCUT2D eigenvalue weighted by Crippen LogP contribution is -2.52. The van der Waals surface area contributed by atoms with Gasteiger partial charge in [-0.25, -0.2) is 9.18 Å². The second kappa shape index (κ2) is 8.15. The Bertz CT molecular complexity index is 582. The van der Waals surface area contributed by atoms with Gasteiger partial charge in [-0.2, -0.15) is 0 Å². The number of aliphatic hydroxyl groups is 1. The lowest BCUT2D eigenvalue weighted by Gasteiger charge is -2.41. The third-order valence-electron chi connectivity index (χ3n) is 5.49. The molecule has 2 atom stereocenters. The van der Waals surface area contributed by atoms with E-state index in [9.17, 15) is 14.3 Å². The molecule has 1 aromatic rings. The van der Waals surface area contributed by atoms with Crippen molar-refractivity contribution in [2.45, 2.75) is 63.6 Å². The minimum atomic E-state index is -0.420. The summed E-state index contributed by atoms with van der Waals surface area (Å²) in [5.41, 5.74) is 0.944. The van der Waals surface area contributed by atoms with E-state index in [1.165, 1.54) is 12.5 Å². The second-order valence-corrected chi connectivity index (χ2v) is 7.26. The number of nitrogens with one attached hydrogen (secondary N) is 2. The molecule has 0 bridgehead atoms. The van der Waals surface area contributed by atoms with E-state index < -0.39 is 5.82 Å². The molecule has 1 aliphatic carbocycles. The number of benzene rings is 1. The molecule has 6 heteroatoms. The number of aryl methyl sites for hydroxylation is 1. The molecule has 0 aromatic heterocycles. The van der Waals surface area contributed by atoms with Crippen LogP contribution in [-0.4, -0.2) is 47.3 Å². The number of urea groups is 1. The average molecular weight is 349 g/mol. The van der Waals surface area contributed by atoms with Crippen LogP contribution in [0.2, 0.25) is 0 Å². The smallest absolute Gasteiger partial charge is 0.319 e. The molecule has 0 spiro atoms. The van der Waals surface area contributed by atoms with Gasteiger partial charge in [0.2, 0.25) is 0 Å². The van der Waals surface area contributed by atoms with Crippen molar-refractivity contribution >= 4 is 11.7 Å². The van der Waals surface area contributed by atoms with Gasteiger partial charge in [-0.15, -0.1) is 0 Å². The van der Waals surface area contributed by atoms with Crippen molar-refractivity contribution in [2.24, 2.45) is 0 Å². The number of aliphatic hydroxyl groups excluding tert-OH is 1. The molecule has 2 aliphatic rings. The zero-order chi connectivity index (χ0) is 17.8. The van der Waals surface area contributed by atoms with Crippen LogP contribution in [0, 0.1) is 12.7 Å². The van der Waals surface area contributed by atoms with E-state index >= 15 is 0 Å². The van der Waals surface area contributed by atoms with E-state index in [0.717, 1.165) is 45.2 Å². The number of hydrogen-bond donors (Lipinski definition) is 3. The molecule has 1 aliphatic heterocycles. The van der Waals surface area contributed by atoms with Crippen molar-refractivity contribution < 1.29 is 14.3 Å². The van der Waals surface area contributed by atoms with E-state index in [1.54, 1.807) is 19.1 Å². The van der Waals surface area contributed by atoms with Crippen molar-refractivity contribution in [1.29, 1.82) is 0 Å². The van der Waals surface area contributed by atoms with Crippen LogP contribution in [0.15, 0.2) is 18.2 Å². The van der Waals surface area contributed by atoms with Gasteiger partial charge in [-0.05, 0) is 44.2 Å². The number of para-hydroxylation sites is 1. The average Bonchev–Trinajstić information content (AvgIpc) is 2.60. The number of likely N-dealkylation sites (tertiary alicyclic amines) is 1. The fourth-order valence-electron chi connectivity index (χ4n) is 4.02. The van der Waals surface area contributed by atoms with Crippen LogP contribution in [0.25, 0.3) is 0 Å². The Kier molecular flexibility index (Phi) is 5.91. The number of hydrogen-bond acceptors (Lipinski definition) is 3. The number of amides is 2. The third-order valence-corrected chi connectivity index (χ3v) is 5.49. The number of rotatable bonds is 3. The third kappa shape index (κ3) is 4.50. The molecule has 1 saturated heterocycles. The first-order chi connectivity index (χ1) is 12.0. The molecule has 25 heavy (non-hydrogen) atoms. The zero-order valence-corrected chi connectivity index (χ0v) is 14.8. The highest BCUT2D eigenvalue weighted by molar-refractivity contribution is 5.90. The molecule has 5 nitrogen and oxygen atoms in total. The molecule has 0 radical (unpaired) electrons. The molecular weight excluding hydrogens is 321 g/mol. The minimum Gasteiger partial charge on any atom is -0.391 e. The van der Waals surface area contributed by atoms with Gasteiger partial charge < -0.3 is 15.7 Å². The lowest BCUT2D eigenvalue weighted by atomic mass is 9.89. The van der Waals surface area contributed by atoms with Gasteiger partial charge in [-0.3, -0.25) is 4.90 Å². The molecule has 1 heterocycles. The number of carbonyl (C=O) groups is 1. The van der Waals surface area contributed by atoms with Crippen molar-refractivity contribution in [1.82, 2.24) is 10.2 Å². The molecule has 1 aromatic carbocycles. The minimum absolute atomic E-state index is 0.0871. The Morgan fingerprint density at radius 2 is 1.92 bits per heavy atom. The van der Waals surface area contributed by atoms with Gasteiger partial charge in [-0.1, -0.05) is 25.0 Å². The molecule has 0 unspecified atom stereocenters. The SMILES string of the molecule is Cc1cccc(F)c1NC(=O)NC1CCN([C@@H]2CCCC[C@H]2O)CC1. The Morgan fingerprint density at radius 3 is 2.60 bits per heavy atom. The van der Waals surface area contributed by atoms with Crippen LogP contribution >= 0.6 is 0 Å². The van der Waals surface area contributed by atoms with Crippen molar-refractivity contribution in [3.8, 4) is 0 Å². The monoisotopic (exact) mass is 349 g/mol. The summed E-state index contributed by atoms with van der Waals surface area (Å²) in [5, 5.41) is 15.8. The molecule has 2 fully saturated rings. The van der Waals surface area contributed by atoms with Crippen LogP contribution in [0.3, 0.4) is 0 Å². The maximum absolute atomic E-state index is 13.8. The summed E-state index contributed by atoms with van der Waals surface area (Å²) < 4.78 is 13.8. The Morgan fingerprint density at radius 1 is 1.20 bits per heavy atom. The second-order valence-electron chi connectivity index (χ2n) is 7.26. The lowest BCUT2D eigenvalue weighted by molar-refractivity contribution is 0.00786. The Balaban J connectivity index is 1.48. The number of nitrogens with zero attached hydrogens (tertiary/aromatic N) is 1. The molecular formula is C19H28FN3O2. The summed E-state index contributed by atoms with van der Waals surface area (Å²) in [6.07, 6.45) is 5.75. The van der Waals surface area contributed by atoms with Crippen LogP contribution in [0.1, 0.15) is 44.1 Å². The first kappa shape index (κ1) is 18.1. The van der Waals surface area contributed by atoms with Crippen molar-refractivity contribution in [2.75, 3.05) is 18.4 Å². The fourth-order valence-corrected chi connectivity index (χ4v) is 4.02. The van der Waals surface area contributed by atoms with Gasteiger partial charge in [0.25, 0.3) is 0 Å². The molecule has 138 valence electrons. The van der Waals surface area contributed by atoms with E-state index in [-0.39, 0.29) is 29.9 Å². The zero-order valence-electron chi connectivity index (χ0n) is 14.8. The molecule has 3 rings (SSSR count). The van der Waals surface area contributed by atoms with Crippen LogP contribution in [0.5, 0.6) is 0 Å². The van der Waals surface area contributed by atoms with Crippen molar-refractivity contribution in [3.63, 3.8) is 0 Å². The highest BCUT2D eigenvalue weighted by Gasteiger charge is 2.31. The fraction of sp³-hybridized carbons (Fsp3) is 0.632. The molecule has 2 amide bonds. The first-order valence-electron chi connectivity index (χ1n) is 9.29. The summed E-state index contributed by atoms with van der Waals surface area (Å²) in [6.45, 7) is 3.53. The van der Waals surface area contributed by atoms with Gasteiger partial charge in [0.05, 0.1) is 11.8 Å². The topological polar surface area (TPSA) is 64.6 Å². The standard InChI is InChI=1S/C19H28FN3O2/c1-13-5-4-6-15(20)18(13)22-19(25)21-14-9-11-23(12-10-14)16-7-2-3-8-17(16)24/h4-6,14,16-17,24H,2-3,7-12H2,1H3,(H2,21,22,25)/t16-,17-/m1/s1. The van der Waals surface area contributed by atoms with Crippen LogP contribution in [-0.2, 0) is 0 Å². The van der Waals surface area contributed by atoms with Crippen LogP contribution in [0.4, 0.5) is 14.9 Å². The summed E-state index contributed by atoms with van der Waals surface area (Å²) in [5.74, 6) is -0.420. The highest BCUT2D eigenvalue weighted by atomic mass is 19.1. The summed E-state index contributed by atoms with van der Waals surface area (Å²) in [4.78, 5) is 14.5. The number of piperidine rings is 1. The number of anilines is 1. The summed E-state index contributed by atoms with van der Waals surface area (Å²) >= 11 is 0. The largest absolute Gasteiger partial charge is 0.391 e. The first-order valence-corrected chi connectivity index (χ1v) is 9.29. The van der Waals surface area contributed by atoms with E-state index in [1.807, 2.05) is 0 Å². The van der Waals surface area contributed by atoms with Gasteiger partial charge in [0.15, 0.2) is 0 Å². The van der Waals surface area contributed by atoms with Crippen molar-refractivity contribution in [3.05, 3.63) is 29.6 Å². The highest BCUT2D eigenvalue weighted by Crippen LogP contribution is 2.26. The maximum Gasteiger partial charge on any atom is 0.319 e. The number of halogens is 1. The molecule has 3 N–H and O–H groups in total. The Labute approximate surface area is 148 Å². The van der Waals surface area contributed by atoms with Gasteiger partial charge in [0, 0.05) is 25.2 Å². The van der Waals surface area contributed by atoms with Gasteiger partial charge in [0.1, 0.15) is 5.82 Å². The van der Waals surface area contributed by atoms with E-state index in [0.29, 0.717) is 5.56 Å². The van der Waals surface area contributed by atoms with E-state index in [4.69, 9.17) is 0 Å². The van der Waals surface area contributed by atoms with E-state index in [2.05, 4.69) is 15.5 Å². The van der Waals surface area contributed by atoms with Gasteiger partial charge >= 0.3 is 6.03 Å². The predicted molar refractivity (Wildman–Crippen MR) is 96.1 cm³/mol. The summed E-state index contributed by atoms with van der Waals surface area (Å²) in [6, 6.07) is 4.74. The van der Waals surface area contributed by atoms with Crippen LogP contribution < -0.4 is 10.6 Å². The number of carbonyl (C=O) groups excluding carboxylic acids is 1. The summed E-state index contributed by atoms with van der Waals surface area (Å²) in [7, 11) is 0. The normalized spacial score (nSPS) is 25.6.